The second-order valence-electron chi connectivity index (χ2n) is 7.67. The Labute approximate surface area is 199 Å². The fourth-order valence-electron chi connectivity index (χ4n) is 3.92. The number of carbonyl (C=O) groups is 1. The molecular weight excluding hydrogens is 497 g/mol. The first-order valence-corrected chi connectivity index (χ1v) is 11.5. The van der Waals surface area contributed by atoms with Crippen molar-refractivity contribution in [3.8, 4) is 0 Å². The van der Waals surface area contributed by atoms with Crippen LogP contribution in [0.2, 0.25) is 0 Å². The highest BCUT2D eigenvalue weighted by Gasteiger charge is 2.35. The summed E-state index contributed by atoms with van der Waals surface area (Å²) in [4.78, 5) is 28.6. The Morgan fingerprint density at radius 1 is 1.45 bits per heavy atom. The number of esters is 1. The Bertz CT molecular complexity index is 1040. The number of nitrogens with zero attached hydrogens (tertiary/aromatic N) is 4. The van der Waals surface area contributed by atoms with Crippen LogP contribution in [0.25, 0.3) is 0 Å². The number of hydrogen-bond donors (Lipinski definition) is 2. The molecule has 1 fully saturated rings. The van der Waals surface area contributed by atoms with Gasteiger partial charge in [-0.1, -0.05) is 22.0 Å². The molecule has 0 spiro atoms. The number of aliphatic imine (C=N–C) groups is 3. The smallest absolute Gasteiger partial charge is 0.338 e. The minimum absolute atomic E-state index is 0.0862. The van der Waals surface area contributed by atoms with Gasteiger partial charge in [-0.25, -0.2) is 14.2 Å². The molecule has 2 N–H and O–H groups in total. The third-order valence-electron chi connectivity index (χ3n) is 5.43. The van der Waals surface area contributed by atoms with Crippen molar-refractivity contribution >= 4 is 39.8 Å². The number of rotatable bonds is 7. The third kappa shape index (κ3) is 5.37. The number of hydrogen-bond acceptors (Lipinski definition) is 9. The molecule has 1 saturated heterocycles. The van der Waals surface area contributed by atoms with E-state index in [1.165, 1.54) is 12.1 Å². The lowest BCUT2D eigenvalue weighted by Gasteiger charge is -2.35. The first-order chi connectivity index (χ1) is 16.0. The maximum Gasteiger partial charge on any atom is 0.338 e. The molecule has 0 aliphatic carbocycles. The van der Waals surface area contributed by atoms with E-state index in [1.54, 1.807) is 19.2 Å². The summed E-state index contributed by atoms with van der Waals surface area (Å²) < 4.78 is 25.2. The summed E-state index contributed by atoms with van der Waals surface area (Å²) in [6.07, 6.45) is 1.38. The number of amidine groups is 2. The van der Waals surface area contributed by atoms with Gasteiger partial charge in [-0.05, 0) is 24.6 Å². The van der Waals surface area contributed by atoms with Gasteiger partial charge in [0.1, 0.15) is 11.9 Å². The predicted molar refractivity (Wildman–Crippen MR) is 125 cm³/mol. The predicted octanol–water partition coefficient (Wildman–Crippen LogP) is 1.62. The molecule has 33 heavy (non-hydrogen) atoms. The van der Waals surface area contributed by atoms with Crippen molar-refractivity contribution in [2.45, 2.75) is 19.1 Å². The summed E-state index contributed by atoms with van der Waals surface area (Å²) in [5, 5.41) is 12.8. The van der Waals surface area contributed by atoms with Crippen molar-refractivity contribution in [2.75, 3.05) is 46.0 Å². The van der Waals surface area contributed by atoms with E-state index in [-0.39, 0.29) is 19.3 Å². The Kier molecular flexibility index (Phi) is 7.63. The lowest BCUT2D eigenvalue weighted by atomic mass is 9.95. The molecule has 0 aromatic heterocycles. The molecule has 1 aromatic carbocycles. The van der Waals surface area contributed by atoms with Crippen molar-refractivity contribution in [1.82, 2.24) is 10.2 Å². The van der Waals surface area contributed by atoms with Crippen molar-refractivity contribution < 1.29 is 23.8 Å². The van der Waals surface area contributed by atoms with Crippen LogP contribution in [0, 0.1) is 5.82 Å². The maximum atomic E-state index is 13.8. The van der Waals surface area contributed by atoms with Gasteiger partial charge in [0.2, 0.25) is 0 Å². The lowest BCUT2D eigenvalue weighted by Crippen LogP contribution is -2.48. The monoisotopic (exact) mass is 521 g/mol. The number of nitrogens with one attached hydrogen (secondary N) is 1. The highest BCUT2D eigenvalue weighted by atomic mass is 79.9. The molecule has 1 unspecified atom stereocenters. The van der Waals surface area contributed by atoms with Gasteiger partial charge < -0.3 is 19.9 Å². The average Bonchev–Trinajstić information content (AvgIpc) is 3.34. The molecule has 9 nitrogen and oxygen atoms in total. The Hall–Kier alpha value is -2.47. The Morgan fingerprint density at radius 2 is 2.30 bits per heavy atom. The summed E-state index contributed by atoms with van der Waals surface area (Å²) in [5.41, 5.74) is 1.55. The molecule has 0 saturated carbocycles. The van der Waals surface area contributed by atoms with Crippen LogP contribution < -0.4 is 5.32 Å². The summed E-state index contributed by atoms with van der Waals surface area (Å²) in [6.45, 7) is 4.29. The third-order valence-corrected chi connectivity index (χ3v) is 6.12. The van der Waals surface area contributed by atoms with Crippen molar-refractivity contribution in [2.24, 2.45) is 15.0 Å². The molecule has 176 valence electrons. The van der Waals surface area contributed by atoms with E-state index >= 15 is 0 Å². The molecule has 3 aliphatic rings. The van der Waals surface area contributed by atoms with E-state index < -0.39 is 17.8 Å². The number of ether oxygens (including phenoxy) is 2. The number of carbonyl (C=O) groups excluding carboxylic acids is 1. The zero-order chi connectivity index (χ0) is 23.4. The summed E-state index contributed by atoms with van der Waals surface area (Å²) >= 11 is 3.42. The summed E-state index contributed by atoms with van der Waals surface area (Å²) in [6, 6.07) is 3.52. The van der Waals surface area contributed by atoms with Crippen LogP contribution in [-0.2, 0) is 14.3 Å². The molecule has 0 bridgehead atoms. The van der Waals surface area contributed by atoms with Gasteiger partial charge in [-0.3, -0.25) is 14.9 Å². The topological polar surface area (TPSA) is 108 Å². The minimum atomic E-state index is -0.751. The van der Waals surface area contributed by atoms with Crippen LogP contribution in [0.15, 0.2) is 48.9 Å². The number of halogens is 2. The summed E-state index contributed by atoms with van der Waals surface area (Å²) in [5.74, 6) is -0.0412. The van der Waals surface area contributed by atoms with Crippen LogP contribution in [0.5, 0.6) is 0 Å². The lowest BCUT2D eigenvalue weighted by molar-refractivity contribution is -0.139. The van der Waals surface area contributed by atoms with E-state index in [9.17, 15) is 14.3 Å². The average molecular weight is 522 g/mol. The van der Waals surface area contributed by atoms with Crippen molar-refractivity contribution in [3.05, 3.63) is 45.3 Å². The molecule has 2 atom stereocenters. The molecule has 11 heteroatoms. The Balaban J connectivity index is 1.78. The zero-order valence-electron chi connectivity index (χ0n) is 18.1. The van der Waals surface area contributed by atoms with Crippen molar-refractivity contribution in [3.63, 3.8) is 0 Å². The van der Waals surface area contributed by atoms with Gasteiger partial charge in [0.15, 0.2) is 11.7 Å². The number of aliphatic hydroxyl groups excluding tert-OH is 1. The van der Waals surface area contributed by atoms with Gasteiger partial charge in [0.05, 0.1) is 38.0 Å². The normalized spacial score (nSPS) is 23.3. The SMILES string of the molecule is CCOC(=O)C1=C(CN2CCO[C@@H](CO)C2)NC(C2=NCC=N2)=NC1c1ccc(F)cc1Br. The second-order valence-corrected chi connectivity index (χ2v) is 8.52. The van der Waals surface area contributed by atoms with Gasteiger partial charge in [0.25, 0.3) is 0 Å². The van der Waals surface area contributed by atoms with Crippen molar-refractivity contribution in [1.29, 1.82) is 0 Å². The molecule has 0 amide bonds. The number of benzene rings is 1. The van der Waals surface area contributed by atoms with Gasteiger partial charge >= 0.3 is 5.97 Å². The van der Waals surface area contributed by atoms with E-state index in [0.717, 1.165) is 0 Å². The highest BCUT2D eigenvalue weighted by molar-refractivity contribution is 9.10. The highest BCUT2D eigenvalue weighted by Crippen LogP contribution is 2.36. The van der Waals surface area contributed by atoms with Gasteiger partial charge in [-0.2, -0.15) is 0 Å². The second kappa shape index (κ2) is 10.6. The summed E-state index contributed by atoms with van der Waals surface area (Å²) in [7, 11) is 0. The van der Waals surface area contributed by atoms with Crippen LogP contribution >= 0.6 is 15.9 Å². The van der Waals surface area contributed by atoms with E-state index in [2.05, 4.69) is 36.1 Å². The molecule has 3 heterocycles. The van der Waals surface area contributed by atoms with E-state index in [0.29, 0.717) is 65.8 Å². The maximum absolute atomic E-state index is 13.8. The first kappa shape index (κ1) is 23.7. The standard InChI is InChI=1S/C22H25BrFN5O4/c1-2-32-22(31)18-17(11-29-7-8-33-14(10-29)12-30)27-21(20-25-5-6-26-20)28-19(18)15-4-3-13(24)9-16(15)23/h3-5,9,14,19,30H,2,6-8,10-12H2,1H3,(H,27,28)/t14-,19?/m1/s1. The minimum Gasteiger partial charge on any atom is -0.463 e. The fourth-order valence-corrected chi connectivity index (χ4v) is 4.49. The van der Waals surface area contributed by atoms with Gasteiger partial charge in [0, 0.05) is 36.0 Å². The molecule has 1 aromatic rings. The largest absolute Gasteiger partial charge is 0.463 e. The zero-order valence-corrected chi connectivity index (χ0v) is 19.7. The van der Waals surface area contributed by atoms with Crippen LogP contribution in [0.1, 0.15) is 18.5 Å². The molecular formula is C22H25BrFN5O4. The molecule has 3 aliphatic heterocycles. The van der Waals surface area contributed by atoms with E-state index in [1.807, 2.05) is 0 Å². The molecule has 0 radical (unpaired) electrons. The van der Waals surface area contributed by atoms with Crippen LogP contribution in [0.3, 0.4) is 0 Å². The number of morpholine rings is 1. The van der Waals surface area contributed by atoms with E-state index in [4.69, 9.17) is 14.5 Å². The fraction of sp³-hybridized carbons (Fsp3) is 0.455. The quantitative estimate of drug-likeness (QED) is 0.528. The Morgan fingerprint density at radius 3 is 3.00 bits per heavy atom. The van der Waals surface area contributed by atoms with Crippen LogP contribution in [0.4, 0.5) is 4.39 Å². The molecule has 4 rings (SSSR count). The first-order valence-electron chi connectivity index (χ1n) is 10.7. The number of aliphatic hydroxyl groups is 1. The van der Waals surface area contributed by atoms with Crippen LogP contribution in [-0.4, -0.2) is 86.0 Å². The van der Waals surface area contributed by atoms with Gasteiger partial charge in [-0.15, -0.1) is 0 Å².